The van der Waals surface area contributed by atoms with Crippen LogP contribution in [0.3, 0.4) is 0 Å². The summed E-state index contributed by atoms with van der Waals surface area (Å²) in [7, 11) is 0. The molecule has 0 bridgehead atoms. The lowest BCUT2D eigenvalue weighted by Gasteiger charge is -2.31. The number of nitrogens with one attached hydrogen (secondary N) is 1. The number of rotatable bonds is 6. The van der Waals surface area contributed by atoms with Crippen LogP contribution in [-0.4, -0.2) is 38.1 Å². The van der Waals surface area contributed by atoms with Crippen LogP contribution in [0.2, 0.25) is 5.02 Å². The van der Waals surface area contributed by atoms with E-state index in [-0.39, 0.29) is 30.4 Å². The third-order valence-electron chi connectivity index (χ3n) is 6.42. The molecule has 178 valence electrons. The highest BCUT2D eigenvalue weighted by Crippen LogP contribution is 2.38. The molecule has 8 nitrogen and oxygen atoms in total. The van der Waals surface area contributed by atoms with E-state index >= 15 is 0 Å². The van der Waals surface area contributed by atoms with Crippen LogP contribution in [0.15, 0.2) is 42.5 Å². The Morgan fingerprint density at radius 1 is 1.26 bits per heavy atom. The lowest BCUT2D eigenvalue weighted by Crippen LogP contribution is -2.41. The van der Waals surface area contributed by atoms with E-state index in [4.69, 9.17) is 22.0 Å². The first-order valence-corrected chi connectivity index (χ1v) is 11.9. The van der Waals surface area contributed by atoms with Crippen molar-refractivity contribution in [3.63, 3.8) is 0 Å². The molecule has 2 amide bonds. The molecule has 2 heterocycles. The van der Waals surface area contributed by atoms with Crippen LogP contribution in [0.5, 0.6) is 0 Å². The predicted octanol–water partition coefficient (Wildman–Crippen LogP) is 4.13. The SMILES string of the molecule is C[C@H]1CN(Cc2ccc(C#N)cc2)C(=O)c2cc(-c3c(CO)cc(Cl)cc3NC(=O)C3CC3)nn21. The minimum atomic E-state index is -0.293. The van der Waals surface area contributed by atoms with Gasteiger partial charge in [0.25, 0.3) is 5.91 Å². The van der Waals surface area contributed by atoms with Crippen LogP contribution in [0, 0.1) is 17.2 Å². The molecule has 1 aliphatic carbocycles. The number of anilines is 1. The van der Waals surface area contributed by atoms with Crippen LogP contribution >= 0.6 is 11.6 Å². The van der Waals surface area contributed by atoms with Crippen LogP contribution in [0.25, 0.3) is 11.3 Å². The van der Waals surface area contributed by atoms with Gasteiger partial charge in [-0.05, 0) is 61.2 Å². The monoisotopic (exact) mass is 489 g/mol. The Kier molecular flexibility index (Phi) is 6.05. The summed E-state index contributed by atoms with van der Waals surface area (Å²) in [5.74, 6) is -0.249. The van der Waals surface area contributed by atoms with Gasteiger partial charge in [-0.3, -0.25) is 14.3 Å². The van der Waals surface area contributed by atoms with Crippen molar-refractivity contribution in [1.29, 1.82) is 5.26 Å². The van der Waals surface area contributed by atoms with Crippen molar-refractivity contribution in [2.75, 3.05) is 11.9 Å². The van der Waals surface area contributed by atoms with Crippen molar-refractivity contribution < 1.29 is 14.7 Å². The minimum absolute atomic E-state index is 0.00741. The summed E-state index contributed by atoms with van der Waals surface area (Å²) in [6.07, 6.45) is 1.71. The number of aromatic nitrogens is 2. The molecule has 2 N–H and O–H groups in total. The maximum atomic E-state index is 13.4. The molecule has 1 atom stereocenters. The van der Waals surface area contributed by atoms with Crippen molar-refractivity contribution in [2.24, 2.45) is 5.92 Å². The number of carbonyl (C=O) groups excluding carboxylic acids is 2. The Bertz CT molecular complexity index is 1350. The Balaban J connectivity index is 1.49. The smallest absolute Gasteiger partial charge is 0.272 e. The Morgan fingerprint density at radius 3 is 2.66 bits per heavy atom. The summed E-state index contributed by atoms with van der Waals surface area (Å²) in [5.41, 5.74) is 3.99. The van der Waals surface area contributed by atoms with Gasteiger partial charge in [0.15, 0.2) is 0 Å². The summed E-state index contributed by atoms with van der Waals surface area (Å²) in [5, 5.41) is 27.1. The van der Waals surface area contributed by atoms with Gasteiger partial charge in [0.2, 0.25) is 5.91 Å². The molecule has 2 aromatic carbocycles. The van der Waals surface area contributed by atoms with E-state index in [0.717, 1.165) is 18.4 Å². The first kappa shape index (κ1) is 23.1. The average Bonchev–Trinajstić information content (AvgIpc) is 3.61. The topological polar surface area (TPSA) is 111 Å². The Labute approximate surface area is 207 Å². The Hall–Kier alpha value is -3.67. The fourth-order valence-electron chi connectivity index (χ4n) is 4.46. The summed E-state index contributed by atoms with van der Waals surface area (Å²) < 4.78 is 1.70. The molecule has 0 unspecified atom stereocenters. The number of nitriles is 1. The number of fused-ring (bicyclic) bond motifs is 1. The van der Waals surface area contributed by atoms with Gasteiger partial charge in [-0.25, -0.2) is 0 Å². The van der Waals surface area contributed by atoms with Gasteiger partial charge in [0, 0.05) is 29.6 Å². The largest absolute Gasteiger partial charge is 0.392 e. The second-order valence-electron chi connectivity index (χ2n) is 9.11. The van der Waals surface area contributed by atoms with Crippen LogP contribution < -0.4 is 5.32 Å². The zero-order valence-electron chi connectivity index (χ0n) is 19.2. The molecule has 1 aliphatic heterocycles. The van der Waals surface area contributed by atoms with Gasteiger partial charge < -0.3 is 15.3 Å². The van der Waals surface area contributed by atoms with Gasteiger partial charge in [-0.15, -0.1) is 0 Å². The lowest BCUT2D eigenvalue weighted by atomic mass is 10.0. The highest BCUT2D eigenvalue weighted by atomic mass is 35.5. The highest BCUT2D eigenvalue weighted by molar-refractivity contribution is 6.31. The van der Waals surface area contributed by atoms with E-state index in [0.29, 0.717) is 51.9 Å². The van der Waals surface area contributed by atoms with E-state index in [1.54, 1.807) is 39.9 Å². The number of halogens is 1. The van der Waals surface area contributed by atoms with Gasteiger partial charge in [0.1, 0.15) is 5.69 Å². The molecular weight excluding hydrogens is 466 g/mol. The van der Waals surface area contributed by atoms with Gasteiger partial charge in [-0.1, -0.05) is 23.7 Å². The molecule has 2 aliphatic rings. The zero-order chi connectivity index (χ0) is 24.7. The first-order chi connectivity index (χ1) is 16.9. The van der Waals surface area contributed by atoms with Gasteiger partial charge in [-0.2, -0.15) is 10.4 Å². The lowest BCUT2D eigenvalue weighted by molar-refractivity contribution is -0.117. The van der Waals surface area contributed by atoms with Crippen molar-refractivity contribution in [3.8, 4) is 17.3 Å². The molecule has 1 aromatic heterocycles. The fourth-order valence-corrected chi connectivity index (χ4v) is 4.71. The van der Waals surface area contributed by atoms with Crippen LogP contribution in [0.1, 0.15) is 53.0 Å². The normalized spacial score (nSPS) is 17.1. The molecule has 0 radical (unpaired) electrons. The summed E-state index contributed by atoms with van der Waals surface area (Å²) >= 11 is 6.26. The number of hydrogen-bond donors (Lipinski definition) is 2. The number of amides is 2. The van der Waals surface area contributed by atoms with Crippen LogP contribution in [0.4, 0.5) is 5.69 Å². The third-order valence-corrected chi connectivity index (χ3v) is 6.64. The number of hydrogen-bond acceptors (Lipinski definition) is 5. The van der Waals surface area contributed by atoms with Crippen molar-refractivity contribution in [2.45, 2.75) is 39.0 Å². The number of aliphatic hydroxyl groups excluding tert-OH is 1. The summed E-state index contributed by atoms with van der Waals surface area (Å²) in [4.78, 5) is 27.6. The minimum Gasteiger partial charge on any atom is -0.392 e. The van der Waals surface area contributed by atoms with E-state index in [2.05, 4.69) is 11.4 Å². The van der Waals surface area contributed by atoms with Crippen molar-refractivity contribution in [3.05, 3.63) is 69.9 Å². The number of nitrogens with zero attached hydrogens (tertiary/aromatic N) is 4. The van der Waals surface area contributed by atoms with Crippen molar-refractivity contribution in [1.82, 2.24) is 14.7 Å². The summed E-state index contributed by atoms with van der Waals surface area (Å²) in [6, 6.07) is 14.2. The molecule has 0 saturated heterocycles. The van der Waals surface area contributed by atoms with E-state index in [9.17, 15) is 14.7 Å². The maximum Gasteiger partial charge on any atom is 0.272 e. The molecule has 5 rings (SSSR count). The molecule has 3 aromatic rings. The second-order valence-corrected chi connectivity index (χ2v) is 9.55. The quantitative estimate of drug-likeness (QED) is 0.540. The maximum absolute atomic E-state index is 13.4. The van der Waals surface area contributed by atoms with E-state index in [1.165, 1.54) is 0 Å². The molecule has 9 heteroatoms. The predicted molar refractivity (Wildman–Crippen MR) is 131 cm³/mol. The van der Waals surface area contributed by atoms with E-state index < -0.39 is 0 Å². The van der Waals surface area contributed by atoms with E-state index in [1.807, 2.05) is 19.1 Å². The highest BCUT2D eigenvalue weighted by Gasteiger charge is 2.33. The first-order valence-electron chi connectivity index (χ1n) is 11.5. The zero-order valence-corrected chi connectivity index (χ0v) is 19.9. The average molecular weight is 490 g/mol. The summed E-state index contributed by atoms with van der Waals surface area (Å²) in [6.45, 7) is 2.59. The number of carbonyl (C=O) groups is 2. The van der Waals surface area contributed by atoms with Gasteiger partial charge in [0.05, 0.1) is 35.7 Å². The molecule has 1 fully saturated rings. The third kappa shape index (κ3) is 4.53. The number of aliphatic hydroxyl groups is 1. The molecule has 1 saturated carbocycles. The fraction of sp³-hybridized carbons (Fsp3) is 0.308. The molecular formula is C26H24ClN5O3. The second kappa shape index (κ2) is 9.17. The molecule has 35 heavy (non-hydrogen) atoms. The molecule has 0 spiro atoms. The Morgan fingerprint density at radius 2 is 2.00 bits per heavy atom. The van der Waals surface area contributed by atoms with Crippen molar-refractivity contribution >= 4 is 29.1 Å². The van der Waals surface area contributed by atoms with Gasteiger partial charge >= 0.3 is 0 Å². The van der Waals surface area contributed by atoms with Crippen LogP contribution in [-0.2, 0) is 17.9 Å². The number of benzene rings is 2. The standard InChI is InChI=1S/C26H24ClN5O3/c1-15-12-31(13-17-4-2-16(11-28)3-5-17)26(35)23-10-22(30-32(15)23)24-19(14-33)8-20(27)9-21(24)29-25(34)18-6-7-18/h2-5,8-10,15,18,33H,6-7,12-14H2,1H3,(H,29,34)/t15-/m0/s1.